The van der Waals surface area contributed by atoms with Gasteiger partial charge in [0, 0.05) is 5.60 Å². The van der Waals surface area contributed by atoms with Gasteiger partial charge in [-0.3, -0.25) is 0 Å². The molecule has 0 unspecified atom stereocenters. The van der Waals surface area contributed by atoms with E-state index in [2.05, 4.69) is 0 Å². The first-order valence-electron chi connectivity index (χ1n) is 2.26. The SMILES string of the molecule is CC(C)(C)O[SiH2]Cl. The van der Waals surface area contributed by atoms with E-state index in [9.17, 15) is 0 Å². The van der Waals surface area contributed by atoms with Crippen LogP contribution in [0, 0.1) is 0 Å². The molecular weight excluding hydrogens is 128 g/mol. The van der Waals surface area contributed by atoms with Crippen molar-refractivity contribution in [3.8, 4) is 0 Å². The van der Waals surface area contributed by atoms with Crippen LogP contribution in [0.2, 0.25) is 0 Å². The van der Waals surface area contributed by atoms with E-state index in [1.54, 1.807) is 0 Å². The fourth-order valence-electron chi connectivity index (χ4n) is 0.164. The standard InChI is InChI=1S/C4H11ClOSi/c1-4(2,3)6-7-5/h7H2,1-3H3. The first-order chi connectivity index (χ1) is 3.06. The molecule has 0 aromatic heterocycles. The summed E-state index contributed by atoms with van der Waals surface area (Å²) in [6, 6.07) is 0. The molecule has 3 heteroatoms. The minimum Gasteiger partial charge on any atom is -0.403 e. The molecule has 0 radical (unpaired) electrons. The molecule has 0 saturated carbocycles. The smallest absolute Gasteiger partial charge is 0.259 e. The lowest BCUT2D eigenvalue weighted by Crippen LogP contribution is -2.19. The molecule has 0 spiro atoms. The minimum atomic E-state index is -0.718. The summed E-state index contributed by atoms with van der Waals surface area (Å²) in [7, 11) is -0.718. The maximum absolute atomic E-state index is 5.40. The summed E-state index contributed by atoms with van der Waals surface area (Å²) in [6.07, 6.45) is 0. The molecule has 0 aliphatic carbocycles. The largest absolute Gasteiger partial charge is 0.403 e. The summed E-state index contributed by atoms with van der Waals surface area (Å²) in [6.45, 7) is 6.01. The fraction of sp³-hybridized carbons (Fsp3) is 1.00. The lowest BCUT2D eigenvalue weighted by Gasteiger charge is -2.16. The van der Waals surface area contributed by atoms with E-state index >= 15 is 0 Å². The Morgan fingerprint density at radius 2 is 1.86 bits per heavy atom. The van der Waals surface area contributed by atoms with Crippen molar-refractivity contribution in [2.24, 2.45) is 0 Å². The summed E-state index contributed by atoms with van der Waals surface area (Å²) in [4.78, 5) is 0. The molecule has 0 N–H and O–H groups in total. The summed E-state index contributed by atoms with van der Waals surface area (Å²) in [5, 5.41) is 0. The van der Waals surface area contributed by atoms with Gasteiger partial charge in [0.25, 0.3) is 9.07 Å². The van der Waals surface area contributed by atoms with Crippen LogP contribution >= 0.6 is 11.1 Å². The van der Waals surface area contributed by atoms with Gasteiger partial charge in [0.05, 0.1) is 0 Å². The summed E-state index contributed by atoms with van der Waals surface area (Å²) in [5.41, 5.74) is -0.0199. The molecule has 0 aliphatic rings. The molecule has 1 nitrogen and oxygen atoms in total. The molecule has 7 heavy (non-hydrogen) atoms. The number of rotatable bonds is 1. The summed E-state index contributed by atoms with van der Waals surface area (Å²) in [5.74, 6) is 0. The Hall–Kier alpha value is 0.467. The third-order valence-corrected chi connectivity index (χ3v) is 1.79. The van der Waals surface area contributed by atoms with E-state index in [4.69, 9.17) is 15.5 Å². The van der Waals surface area contributed by atoms with Crippen molar-refractivity contribution in [1.29, 1.82) is 0 Å². The van der Waals surface area contributed by atoms with Crippen molar-refractivity contribution in [2.75, 3.05) is 0 Å². The highest BCUT2D eigenvalue weighted by Gasteiger charge is 2.06. The van der Waals surface area contributed by atoms with Gasteiger partial charge in [-0.25, -0.2) is 0 Å². The van der Waals surface area contributed by atoms with Crippen LogP contribution in [0.25, 0.3) is 0 Å². The lowest BCUT2D eigenvalue weighted by molar-refractivity contribution is 0.144. The van der Waals surface area contributed by atoms with Gasteiger partial charge in [-0.2, -0.15) is 0 Å². The Morgan fingerprint density at radius 1 is 1.43 bits per heavy atom. The van der Waals surface area contributed by atoms with Gasteiger partial charge in [0.2, 0.25) is 0 Å². The van der Waals surface area contributed by atoms with Gasteiger partial charge in [-0.1, -0.05) is 0 Å². The lowest BCUT2D eigenvalue weighted by atomic mass is 10.2. The van der Waals surface area contributed by atoms with E-state index < -0.39 is 9.07 Å². The molecule has 0 saturated heterocycles. The number of halogens is 1. The summed E-state index contributed by atoms with van der Waals surface area (Å²) >= 11 is 5.40. The van der Waals surface area contributed by atoms with Gasteiger partial charge in [-0.15, -0.1) is 11.1 Å². The molecule has 0 bridgehead atoms. The zero-order chi connectivity index (χ0) is 5.91. The molecule has 0 aromatic rings. The van der Waals surface area contributed by atoms with Crippen molar-refractivity contribution in [3.05, 3.63) is 0 Å². The van der Waals surface area contributed by atoms with Crippen LogP contribution in [0.1, 0.15) is 20.8 Å². The van der Waals surface area contributed by atoms with Crippen LogP contribution in [0.15, 0.2) is 0 Å². The van der Waals surface area contributed by atoms with E-state index in [1.165, 1.54) is 0 Å². The highest BCUT2D eigenvalue weighted by Crippen LogP contribution is 2.04. The van der Waals surface area contributed by atoms with Crippen LogP contribution < -0.4 is 0 Å². The first kappa shape index (κ1) is 7.47. The third-order valence-electron chi connectivity index (χ3n) is 0.488. The maximum Gasteiger partial charge on any atom is 0.259 e. The van der Waals surface area contributed by atoms with Crippen molar-refractivity contribution < 1.29 is 4.43 Å². The quantitative estimate of drug-likeness (QED) is 0.389. The van der Waals surface area contributed by atoms with E-state index in [0.29, 0.717) is 0 Å². The average molecular weight is 139 g/mol. The number of hydrogen-bond donors (Lipinski definition) is 0. The van der Waals surface area contributed by atoms with Crippen LogP contribution in [0.4, 0.5) is 0 Å². The van der Waals surface area contributed by atoms with Crippen LogP contribution in [-0.4, -0.2) is 14.7 Å². The molecule has 0 amide bonds. The van der Waals surface area contributed by atoms with Crippen molar-refractivity contribution in [1.82, 2.24) is 0 Å². The highest BCUT2D eigenvalue weighted by atomic mass is 35.6. The minimum absolute atomic E-state index is 0.0199. The van der Waals surface area contributed by atoms with Gasteiger partial charge < -0.3 is 4.43 Å². The van der Waals surface area contributed by atoms with Crippen molar-refractivity contribution in [3.63, 3.8) is 0 Å². The second-order valence-corrected chi connectivity index (χ2v) is 3.53. The molecule has 0 aromatic carbocycles. The second-order valence-electron chi connectivity index (χ2n) is 2.37. The zero-order valence-corrected chi connectivity index (χ0v) is 7.16. The van der Waals surface area contributed by atoms with E-state index in [0.717, 1.165) is 0 Å². The maximum atomic E-state index is 5.40. The monoisotopic (exact) mass is 138 g/mol. The van der Waals surface area contributed by atoms with E-state index in [-0.39, 0.29) is 5.60 Å². The highest BCUT2D eigenvalue weighted by molar-refractivity contribution is 6.90. The van der Waals surface area contributed by atoms with Crippen LogP contribution in [-0.2, 0) is 4.43 Å². The average Bonchev–Trinajstić information content (AvgIpc) is 1.30. The Labute approximate surface area is 51.7 Å². The Kier molecular flexibility index (Phi) is 2.88. The van der Waals surface area contributed by atoms with Crippen LogP contribution in [0.3, 0.4) is 0 Å². The fourth-order valence-corrected chi connectivity index (χ4v) is 1.47. The van der Waals surface area contributed by atoms with Gasteiger partial charge in [0.1, 0.15) is 0 Å². The van der Waals surface area contributed by atoms with E-state index in [1.807, 2.05) is 20.8 Å². The zero-order valence-electron chi connectivity index (χ0n) is 4.99. The molecule has 0 heterocycles. The van der Waals surface area contributed by atoms with Crippen LogP contribution in [0.5, 0.6) is 0 Å². The molecule has 0 atom stereocenters. The normalized spacial score (nSPS) is 13.7. The van der Waals surface area contributed by atoms with Gasteiger partial charge in [-0.05, 0) is 20.8 Å². The van der Waals surface area contributed by atoms with Gasteiger partial charge >= 0.3 is 0 Å². The molecular formula is C4H11ClOSi. The predicted octanol–water partition coefficient (Wildman–Crippen LogP) is 1.04. The molecule has 0 fully saturated rings. The van der Waals surface area contributed by atoms with Crippen molar-refractivity contribution >= 4 is 20.2 Å². The Bertz CT molecular complexity index is 50.1. The van der Waals surface area contributed by atoms with Crippen molar-refractivity contribution in [2.45, 2.75) is 26.4 Å². The Morgan fingerprint density at radius 3 is 1.86 bits per heavy atom. The molecule has 0 rings (SSSR count). The summed E-state index contributed by atoms with van der Waals surface area (Å²) < 4.78 is 5.13. The third kappa shape index (κ3) is 6.47. The molecule has 44 valence electrons. The molecule has 0 aliphatic heterocycles. The number of hydrogen-bond acceptors (Lipinski definition) is 1. The van der Waals surface area contributed by atoms with Gasteiger partial charge in [0.15, 0.2) is 0 Å². The Balaban J connectivity index is 3.15. The first-order valence-corrected chi connectivity index (χ1v) is 4.98. The topological polar surface area (TPSA) is 9.23 Å². The second kappa shape index (κ2) is 2.70. The predicted molar refractivity (Wildman–Crippen MR) is 35.2 cm³/mol.